The Morgan fingerprint density at radius 3 is 2.94 bits per heavy atom. The molecule has 1 aromatic heterocycles. The Morgan fingerprint density at radius 2 is 2.29 bits per heavy atom. The van der Waals surface area contributed by atoms with Crippen LogP contribution in [-0.4, -0.2) is 15.3 Å². The van der Waals surface area contributed by atoms with Crippen LogP contribution in [0.2, 0.25) is 5.02 Å². The first kappa shape index (κ1) is 12.3. The van der Waals surface area contributed by atoms with Gasteiger partial charge in [0.15, 0.2) is 5.82 Å². The number of hydrogen-bond donors (Lipinski definition) is 0. The van der Waals surface area contributed by atoms with E-state index in [4.69, 9.17) is 11.6 Å². The zero-order valence-electron chi connectivity index (χ0n) is 9.15. The van der Waals surface area contributed by atoms with E-state index in [1.54, 1.807) is 35.2 Å². The summed E-state index contributed by atoms with van der Waals surface area (Å²) in [6.07, 6.45) is 3.39. The molecule has 3 nitrogen and oxygen atoms in total. The molecule has 5 heteroatoms. The van der Waals surface area contributed by atoms with Crippen LogP contribution in [0.1, 0.15) is 23.1 Å². The molecular weight excluding hydrogens is 304 g/mol. The van der Waals surface area contributed by atoms with Gasteiger partial charge in [0.25, 0.3) is 0 Å². The summed E-state index contributed by atoms with van der Waals surface area (Å²) in [7, 11) is 0. The Labute approximate surface area is 113 Å². The molecule has 1 aromatic carbocycles. The number of imidazole rings is 1. The van der Waals surface area contributed by atoms with Crippen molar-refractivity contribution in [1.82, 2.24) is 9.55 Å². The largest absolute Gasteiger partial charge is 0.328 e. The number of carbonyl (C=O) groups excluding carboxylic acids is 1. The van der Waals surface area contributed by atoms with Gasteiger partial charge in [-0.1, -0.05) is 27.5 Å². The average molecular weight is 314 g/mol. The molecule has 0 aliphatic rings. The molecule has 1 heterocycles. The molecule has 0 bridgehead atoms. The summed E-state index contributed by atoms with van der Waals surface area (Å²) < 4.78 is 2.64. The lowest BCUT2D eigenvalue weighted by Gasteiger charge is -2.05. The monoisotopic (exact) mass is 312 g/mol. The zero-order valence-corrected chi connectivity index (χ0v) is 11.5. The highest BCUT2D eigenvalue weighted by Gasteiger charge is 2.17. The maximum atomic E-state index is 12.2. The molecule has 2 rings (SSSR count). The highest BCUT2D eigenvalue weighted by Crippen LogP contribution is 2.23. The standard InChI is InChI=1S/C12H10BrClN2O/c1-2-16-6-5-15-12(16)11(17)9-4-3-8(13)7-10(9)14/h3-7H,2H2,1H3. The fourth-order valence-electron chi connectivity index (χ4n) is 1.57. The number of rotatable bonds is 3. The fraction of sp³-hybridized carbons (Fsp3) is 0.167. The number of aryl methyl sites for hydroxylation is 1. The van der Waals surface area contributed by atoms with E-state index < -0.39 is 0 Å². The first-order valence-corrected chi connectivity index (χ1v) is 6.31. The Kier molecular flexibility index (Phi) is 3.64. The molecule has 0 fully saturated rings. The summed E-state index contributed by atoms with van der Waals surface area (Å²) in [6.45, 7) is 2.66. The molecule has 0 atom stereocenters. The van der Waals surface area contributed by atoms with Crippen molar-refractivity contribution in [2.75, 3.05) is 0 Å². The van der Waals surface area contributed by atoms with E-state index in [2.05, 4.69) is 20.9 Å². The predicted molar refractivity (Wildman–Crippen MR) is 70.5 cm³/mol. The van der Waals surface area contributed by atoms with Crippen molar-refractivity contribution in [1.29, 1.82) is 0 Å². The van der Waals surface area contributed by atoms with Crippen molar-refractivity contribution >= 4 is 33.3 Å². The lowest BCUT2D eigenvalue weighted by molar-refractivity contribution is 0.102. The van der Waals surface area contributed by atoms with Crippen LogP contribution < -0.4 is 0 Å². The van der Waals surface area contributed by atoms with Crippen molar-refractivity contribution in [3.05, 3.63) is 51.5 Å². The number of nitrogens with zero attached hydrogens (tertiary/aromatic N) is 2. The maximum Gasteiger partial charge on any atom is 0.229 e. The van der Waals surface area contributed by atoms with Crippen LogP contribution in [0.3, 0.4) is 0 Å². The summed E-state index contributed by atoms with van der Waals surface area (Å²) in [5.41, 5.74) is 0.468. The number of aromatic nitrogens is 2. The smallest absolute Gasteiger partial charge is 0.229 e. The van der Waals surface area contributed by atoms with Gasteiger partial charge < -0.3 is 4.57 Å². The van der Waals surface area contributed by atoms with Crippen LogP contribution in [0.25, 0.3) is 0 Å². The molecule has 88 valence electrons. The third-order valence-electron chi connectivity index (χ3n) is 2.44. The number of carbonyl (C=O) groups is 1. The first-order chi connectivity index (χ1) is 8.13. The van der Waals surface area contributed by atoms with Gasteiger partial charge in [0.2, 0.25) is 5.78 Å². The highest BCUT2D eigenvalue weighted by atomic mass is 79.9. The van der Waals surface area contributed by atoms with Gasteiger partial charge in [-0.25, -0.2) is 4.98 Å². The quantitative estimate of drug-likeness (QED) is 0.812. The van der Waals surface area contributed by atoms with Crippen LogP contribution in [0, 0.1) is 0 Å². The number of benzene rings is 1. The molecule has 0 spiro atoms. The van der Waals surface area contributed by atoms with E-state index in [0.717, 1.165) is 4.47 Å². The third-order valence-corrected chi connectivity index (χ3v) is 3.24. The zero-order chi connectivity index (χ0) is 12.4. The first-order valence-electron chi connectivity index (χ1n) is 5.14. The SMILES string of the molecule is CCn1ccnc1C(=O)c1ccc(Br)cc1Cl. The second-order valence-electron chi connectivity index (χ2n) is 3.49. The predicted octanol–water partition coefficient (Wildman–Crippen LogP) is 3.55. The molecule has 0 N–H and O–H groups in total. The normalized spacial score (nSPS) is 10.5. The number of hydrogen-bond acceptors (Lipinski definition) is 2. The fourth-order valence-corrected chi connectivity index (χ4v) is 2.33. The van der Waals surface area contributed by atoms with Gasteiger partial charge >= 0.3 is 0 Å². The Bertz CT molecular complexity index is 565. The molecule has 0 saturated carbocycles. The van der Waals surface area contributed by atoms with Crippen LogP contribution in [-0.2, 0) is 6.54 Å². The van der Waals surface area contributed by atoms with Crippen LogP contribution >= 0.6 is 27.5 Å². The molecular formula is C12H10BrClN2O. The third kappa shape index (κ3) is 2.42. The minimum atomic E-state index is -0.158. The van der Waals surface area contributed by atoms with E-state index in [-0.39, 0.29) is 5.78 Å². The molecule has 0 radical (unpaired) electrons. The maximum absolute atomic E-state index is 12.2. The minimum absolute atomic E-state index is 0.158. The average Bonchev–Trinajstić information content (AvgIpc) is 2.76. The van der Waals surface area contributed by atoms with E-state index in [1.807, 2.05) is 6.92 Å². The van der Waals surface area contributed by atoms with E-state index in [1.165, 1.54) is 0 Å². The number of halogens is 2. The highest BCUT2D eigenvalue weighted by molar-refractivity contribution is 9.10. The lowest BCUT2D eigenvalue weighted by Crippen LogP contribution is -2.10. The van der Waals surface area contributed by atoms with E-state index in [0.29, 0.717) is 23.0 Å². The van der Waals surface area contributed by atoms with Gasteiger partial charge in [-0.15, -0.1) is 0 Å². The van der Waals surface area contributed by atoms with E-state index in [9.17, 15) is 4.79 Å². The summed E-state index contributed by atoms with van der Waals surface area (Å²) in [6, 6.07) is 5.19. The van der Waals surface area contributed by atoms with Crippen molar-refractivity contribution in [2.45, 2.75) is 13.5 Å². The summed E-state index contributed by atoms with van der Waals surface area (Å²) in [4.78, 5) is 16.3. The Morgan fingerprint density at radius 1 is 1.53 bits per heavy atom. The summed E-state index contributed by atoms with van der Waals surface area (Å²) >= 11 is 9.35. The molecule has 0 saturated heterocycles. The van der Waals surface area contributed by atoms with Crippen molar-refractivity contribution in [3.8, 4) is 0 Å². The Balaban J connectivity index is 2.44. The van der Waals surface area contributed by atoms with Crippen molar-refractivity contribution < 1.29 is 4.79 Å². The second-order valence-corrected chi connectivity index (χ2v) is 4.81. The Hall–Kier alpha value is -1.13. The molecule has 0 aliphatic heterocycles. The topological polar surface area (TPSA) is 34.9 Å². The minimum Gasteiger partial charge on any atom is -0.328 e. The van der Waals surface area contributed by atoms with Crippen LogP contribution in [0.15, 0.2) is 35.1 Å². The van der Waals surface area contributed by atoms with Gasteiger partial charge in [0, 0.05) is 29.0 Å². The van der Waals surface area contributed by atoms with Gasteiger partial charge in [0.05, 0.1) is 5.02 Å². The van der Waals surface area contributed by atoms with Gasteiger partial charge in [-0.3, -0.25) is 4.79 Å². The van der Waals surface area contributed by atoms with Gasteiger partial charge in [0.1, 0.15) is 0 Å². The molecule has 17 heavy (non-hydrogen) atoms. The molecule has 2 aromatic rings. The molecule has 0 amide bonds. The van der Waals surface area contributed by atoms with Crippen LogP contribution in [0.5, 0.6) is 0 Å². The van der Waals surface area contributed by atoms with Gasteiger partial charge in [-0.2, -0.15) is 0 Å². The lowest BCUT2D eigenvalue weighted by atomic mass is 10.1. The van der Waals surface area contributed by atoms with E-state index >= 15 is 0 Å². The van der Waals surface area contributed by atoms with Crippen LogP contribution in [0.4, 0.5) is 0 Å². The molecule has 0 unspecified atom stereocenters. The number of ketones is 1. The molecule has 0 aliphatic carbocycles. The van der Waals surface area contributed by atoms with Crippen molar-refractivity contribution in [3.63, 3.8) is 0 Å². The summed E-state index contributed by atoms with van der Waals surface area (Å²) in [5, 5.41) is 0.426. The van der Waals surface area contributed by atoms with Crippen molar-refractivity contribution in [2.24, 2.45) is 0 Å². The summed E-state index contributed by atoms with van der Waals surface area (Å²) in [5.74, 6) is 0.256. The second kappa shape index (κ2) is 5.02. The van der Waals surface area contributed by atoms with Gasteiger partial charge in [-0.05, 0) is 25.1 Å².